The molecule has 1 aromatic rings. The molecule has 0 amide bonds. The number of fused-ring (bicyclic) bond motifs is 3. The smallest absolute Gasteiger partial charge is 0.161 e. The molecule has 0 saturated heterocycles. The number of nitrogens with zero attached hydrogens (tertiary/aromatic N) is 2. The second-order valence-corrected chi connectivity index (χ2v) is 7.13. The lowest BCUT2D eigenvalue weighted by Gasteiger charge is -2.46. The predicted octanol–water partition coefficient (Wildman–Crippen LogP) is 3.56. The SMILES string of the molecule is C[C@H]1c2cc3c(cc2C2(CCCC2)CN1CCC#N)OCCO3. The molecule has 2 aliphatic heterocycles. The van der Waals surface area contributed by atoms with Crippen LogP contribution in [0.3, 0.4) is 0 Å². The molecule has 0 N–H and O–H groups in total. The standard InChI is InChI=1S/C19H24N2O2/c1-14-15-11-17-18(23-10-9-22-17)12-16(15)19(5-2-3-6-19)13-21(14)8-4-7-20/h11-12,14H,2-6,8-10,13H2,1H3/t14-/m0/s1. The Hall–Kier alpha value is -1.73. The number of nitriles is 1. The van der Waals surface area contributed by atoms with Gasteiger partial charge < -0.3 is 9.47 Å². The van der Waals surface area contributed by atoms with Crippen molar-refractivity contribution in [1.82, 2.24) is 4.90 Å². The van der Waals surface area contributed by atoms with Crippen LogP contribution in [0.25, 0.3) is 0 Å². The first-order valence-corrected chi connectivity index (χ1v) is 8.78. The number of benzene rings is 1. The highest BCUT2D eigenvalue weighted by atomic mass is 16.6. The summed E-state index contributed by atoms with van der Waals surface area (Å²) in [4.78, 5) is 2.49. The maximum absolute atomic E-state index is 8.98. The van der Waals surface area contributed by atoms with Crippen molar-refractivity contribution in [1.29, 1.82) is 5.26 Å². The summed E-state index contributed by atoms with van der Waals surface area (Å²) < 4.78 is 11.6. The van der Waals surface area contributed by atoms with Crippen LogP contribution in [0.4, 0.5) is 0 Å². The van der Waals surface area contributed by atoms with E-state index in [4.69, 9.17) is 14.7 Å². The van der Waals surface area contributed by atoms with E-state index < -0.39 is 0 Å². The van der Waals surface area contributed by atoms with Gasteiger partial charge in [0.15, 0.2) is 11.5 Å². The fraction of sp³-hybridized carbons (Fsp3) is 0.632. The van der Waals surface area contributed by atoms with Gasteiger partial charge in [-0.3, -0.25) is 4.90 Å². The monoisotopic (exact) mass is 312 g/mol. The average Bonchev–Trinajstić information content (AvgIpc) is 3.05. The minimum Gasteiger partial charge on any atom is -0.486 e. The molecule has 0 aromatic heterocycles. The first-order chi connectivity index (χ1) is 11.2. The highest BCUT2D eigenvalue weighted by Crippen LogP contribution is 2.51. The largest absolute Gasteiger partial charge is 0.486 e. The predicted molar refractivity (Wildman–Crippen MR) is 87.8 cm³/mol. The molecule has 4 heteroatoms. The summed E-state index contributed by atoms with van der Waals surface area (Å²) in [5.41, 5.74) is 3.09. The van der Waals surface area contributed by atoms with E-state index in [9.17, 15) is 0 Å². The van der Waals surface area contributed by atoms with Crippen molar-refractivity contribution in [3.63, 3.8) is 0 Å². The van der Waals surface area contributed by atoms with Crippen LogP contribution in [-0.2, 0) is 5.41 Å². The summed E-state index contributed by atoms with van der Waals surface area (Å²) in [6.07, 6.45) is 5.69. The van der Waals surface area contributed by atoms with Crippen molar-refractivity contribution in [2.24, 2.45) is 0 Å². The van der Waals surface area contributed by atoms with Crippen molar-refractivity contribution in [2.75, 3.05) is 26.3 Å². The Morgan fingerprint density at radius 2 is 1.91 bits per heavy atom. The van der Waals surface area contributed by atoms with Gasteiger partial charge in [-0.2, -0.15) is 5.26 Å². The van der Waals surface area contributed by atoms with Crippen LogP contribution in [0, 0.1) is 11.3 Å². The molecule has 1 atom stereocenters. The van der Waals surface area contributed by atoms with Gasteiger partial charge in [-0.05, 0) is 43.0 Å². The third-order valence-electron chi connectivity index (χ3n) is 5.86. The highest BCUT2D eigenvalue weighted by Gasteiger charge is 2.44. The molecule has 0 bridgehead atoms. The van der Waals surface area contributed by atoms with Gasteiger partial charge in [-0.25, -0.2) is 0 Å². The van der Waals surface area contributed by atoms with E-state index in [1.165, 1.54) is 36.8 Å². The zero-order valence-corrected chi connectivity index (χ0v) is 13.8. The summed E-state index contributed by atoms with van der Waals surface area (Å²) in [6.45, 7) is 5.45. The van der Waals surface area contributed by atoms with Gasteiger partial charge in [0.05, 0.1) is 6.07 Å². The minimum atomic E-state index is 0.243. The van der Waals surface area contributed by atoms with Crippen LogP contribution in [0.5, 0.6) is 11.5 Å². The number of hydrogen-bond donors (Lipinski definition) is 0. The molecule has 1 saturated carbocycles. The zero-order chi connectivity index (χ0) is 15.9. The molecule has 1 aliphatic carbocycles. The lowest BCUT2D eigenvalue weighted by Crippen LogP contribution is -2.46. The second kappa shape index (κ2) is 5.72. The molecular formula is C19H24N2O2. The molecule has 4 nitrogen and oxygen atoms in total. The molecule has 1 spiro atoms. The second-order valence-electron chi connectivity index (χ2n) is 7.13. The zero-order valence-electron chi connectivity index (χ0n) is 13.8. The lowest BCUT2D eigenvalue weighted by molar-refractivity contribution is 0.134. The quantitative estimate of drug-likeness (QED) is 0.837. The summed E-state index contributed by atoms with van der Waals surface area (Å²) in [5, 5.41) is 8.98. The summed E-state index contributed by atoms with van der Waals surface area (Å²) in [7, 11) is 0. The Kier molecular flexibility index (Phi) is 3.69. The molecule has 1 aromatic carbocycles. The molecule has 3 aliphatic rings. The van der Waals surface area contributed by atoms with Crippen molar-refractivity contribution in [3.05, 3.63) is 23.3 Å². The minimum absolute atomic E-state index is 0.243. The average molecular weight is 312 g/mol. The topological polar surface area (TPSA) is 45.5 Å². The van der Waals surface area contributed by atoms with Gasteiger partial charge in [0.25, 0.3) is 0 Å². The van der Waals surface area contributed by atoms with Crippen molar-refractivity contribution in [3.8, 4) is 17.6 Å². The van der Waals surface area contributed by atoms with Gasteiger partial charge in [0.1, 0.15) is 13.2 Å². The van der Waals surface area contributed by atoms with Gasteiger partial charge >= 0.3 is 0 Å². The molecule has 0 radical (unpaired) electrons. The number of hydrogen-bond acceptors (Lipinski definition) is 4. The maximum atomic E-state index is 8.98. The van der Waals surface area contributed by atoms with Crippen LogP contribution in [0.1, 0.15) is 56.2 Å². The van der Waals surface area contributed by atoms with E-state index >= 15 is 0 Å². The van der Waals surface area contributed by atoms with E-state index in [0.717, 1.165) is 24.6 Å². The van der Waals surface area contributed by atoms with Crippen LogP contribution in [-0.4, -0.2) is 31.2 Å². The van der Waals surface area contributed by atoms with Crippen LogP contribution >= 0.6 is 0 Å². The molecule has 2 heterocycles. The van der Waals surface area contributed by atoms with Gasteiger partial charge in [-0.1, -0.05) is 12.8 Å². The third kappa shape index (κ3) is 2.38. The van der Waals surface area contributed by atoms with Crippen LogP contribution in [0.2, 0.25) is 0 Å². The molecule has 0 unspecified atom stereocenters. The first kappa shape index (κ1) is 14.8. The van der Waals surface area contributed by atoms with Crippen LogP contribution < -0.4 is 9.47 Å². The molecule has 23 heavy (non-hydrogen) atoms. The van der Waals surface area contributed by atoms with E-state index in [-0.39, 0.29) is 5.41 Å². The van der Waals surface area contributed by atoms with Crippen molar-refractivity contribution in [2.45, 2.75) is 50.5 Å². The summed E-state index contributed by atoms with van der Waals surface area (Å²) in [5.74, 6) is 1.80. The Labute approximate surface area is 138 Å². The molecule has 4 rings (SSSR count). The van der Waals surface area contributed by atoms with E-state index in [1.54, 1.807) is 0 Å². The Bertz CT molecular complexity index is 644. The van der Waals surface area contributed by atoms with Crippen LogP contribution in [0.15, 0.2) is 12.1 Å². The van der Waals surface area contributed by atoms with Gasteiger partial charge in [0, 0.05) is 31.0 Å². The van der Waals surface area contributed by atoms with E-state index in [1.807, 2.05) is 0 Å². The fourth-order valence-electron chi connectivity index (χ4n) is 4.66. The summed E-state index contributed by atoms with van der Waals surface area (Å²) in [6, 6.07) is 7.09. The Morgan fingerprint density at radius 1 is 1.22 bits per heavy atom. The van der Waals surface area contributed by atoms with Gasteiger partial charge in [-0.15, -0.1) is 0 Å². The Balaban J connectivity index is 1.79. The van der Waals surface area contributed by atoms with Crippen molar-refractivity contribution < 1.29 is 9.47 Å². The number of rotatable bonds is 2. The molecule has 122 valence electrons. The third-order valence-corrected chi connectivity index (χ3v) is 5.86. The maximum Gasteiger partial charge on any atom is 0.161 e. The van der Waals surface area contributed by atoms with E-state index in [2.05, 4.69) is 30.0 Å². The van der Waals surface area contributed by atoms with Gasteiger partial charge in [0.2, 0.25) is 0 Å². The lowest BCUT2D eigenvalue weighted by atomic mass is 9.71. The Morgan fingerprint density at radius 3 is 2.61 bits per heavy atom. The first-order valence-electron chi connectivity index (χ1n) is 8.78. The number of ether oxygens (including phenoxy) is 2. The normalized spacial score (nSPS) is 25.1. The van der Waals surface area contributed by atoms with E-state index in [0.29, 0.717) is 25.7 Å². The summed E-state index contributed by atoms with van der Waals surface area (Å²) >= 11 is 0. The molecule has 1 fully saturated rings. The van der Waals surface area contributed by atoms with Crippen molar-refractivity contribution >= 4 is 0 Å². The highest BCUT2D eigenvalue weighted by molar-refractivity contribution is 5.53. The molecular weight excluding hydrogens is 288 g/mol. The fourth-order valence-corrected chi connectivity index (χ4v) is 4.66.